The Balaban J connectivity index is 1.51. The second-order valence-electron chi connectivity index (χ2n) is 8.52. The van der Waals surface area contributed by atoms with E-state index >= 15 is 0 Å². The molecule has 3 N–H and O–H groups in total. The fourth-order valence-corrected chi connectivity index (χ4v) is 3.85. The van der Waals surface area contributed by atoms with Crippen LogP contribution in [0.5, 0.6) is 0 Å². The molecule has 0 aliphatic heterocycles. The van der Waals surface area contributed by atoms with E-state index in [9.17, 15) is 14.4 Å². The number of benzene rings is 2. The number of anilines is 2. The van der Waals surface area contributed by atoms with Crippen LogP contribution in [0.3, 0.4) is 0 Å². The van der Waals surface area contributed by atoms with Crippen LogP contribution in [0.25, 0.3) is 0 Å². The summed E-state index contributed by atoms with van der Waals surface area (Å²) >= 11 is 0. The molecule has 0 atom stereocenters. The Kier molecular flexibility index (Phi) is 7.87. The molecule has 2 aromatic carbocycles. The zero-order chi connectivity index (χ0) is 23.1. The van der Waals surface area contributed by atoms with Gasteiger partial charge in [-0.15, -0.1) is 0 Å². The van der Waals surface area contributed by atoms with Crippen LogP contribution < -0.4 is 16.0 Å². The monoisotopic (exact) mass is 436 g/mol. The first-order valence-electron chi connectivity index (χ1n) is 11.1. The van der Waals surface area contributed by atoms with E-state index in [0.717, 1.165) is 24.1 Å². The van der Waals surface area contributed by atoms with Gasteiger partial charge in [0.15, 0.2) is 0 Å². The van der Waals surface area contributed by atoms with Crippen LogP contribution in [0.4, 0.5) is 11.4 Å². The molecule has 2 aromatic rings. The van der Waals surface area contributed by atoms with Gasteiger partial charge in [-0.3, -0.25) is 14.4 Å². The summed E-state index contributed by atoms with van der Waals surface area (Å²) in [5.41, 5.74) is 3.53. The first-order chi connectivity index (χ1) is 15.3. The SMILES string of the molecule is Cc1cc(C(=O)NC2CCCCC2)ccc1NCC(=O)Nc1ccc(C(=O)N(C)C)cc1. The van der Waals surface area contributed by atoms with Crippen LogP contribution in [0.2, 0.25) is 0 Å². The fourth-order valence-electron chi connectivity index (χ4n) is 3.85. The van der Waals surface area contributed by atoms with Crippen molar-refractivity contribution in [3.63, 3.8) is 0 Å². The first kappa shape index (κ1) is 23.3. The van der Waals surface area contributed by atoms with Gasteiger partial charge in [0.2, 0.25) is 5.91 Å². The van der Waals surface area contributed by atoms with Crippen molar-refractivity contribution in [2.75, 3.05) is 31.3 Å². The summed E-state index contributed by atoms with van der Waals surface area (Å²) in [5, 5.41) is 9.06. The molecule has 0 spiro atoms. The second kappa shape index (κ2) is 10.8. The molecule has 3 rings (SSSR count). The van der Waals surface area contributed by atoms with Crippen LogP contribution in [-0.4, -0.2) is 49.3 Å². The third-order valence-corrected chi connectivity index (χ3v) is 5.69. The topological polar surface area (TPSA) is 90.5 Å². The van der Waals surface area contributed by atoms with E-state index in [1.165, 1.54) is 24.2 Å². The average molecular weight is 437 g/mol. The van der Waals surface area contributed by atoms with Crippen molar-refractivity contribution >= 4 is 29.1 Å². The minimum absolute atomic E-state index is 0.0412. The molecule has 3 amide bonds. The maximum Gasteiger partial charge on any atom is 0.253 e. The lowest BCUT2D eigenvalue weighted by Crippen LogP contribution is -2.36. The fraction of sp³-hybridized carbons (Fsp3) is 0.400. The number of aryl methyl sites for hydroxylation is 1. The maximum absolute atomic E-state index is 12.5. The Morgan fingerprint density at radius 3 is 2.22 bits per heavy atom. The third kappa shape index (κ3) is 6.33. The second-order valence-corrected chi connectivity index (χ2v) is 8.52. The molecule has 32 heavy (non-hydrogen) atoms. The van der Waals surface area contributed by atoms with E-state index in [2.05, 4.69) is 16.0 Å². The lowest BCUT2D eigenvalue weighted by atomic mass is 9.95. The zero-order valence-corrected chi connectivity index (χ0v) is 19.0. The molecule has 1 fully saturated rings. The van der Waals surface area contributed by atoms with Crippen molar-refractivity contribution in [2.45, 2.75) is 45.1 Å². The summed E-state index contributed by atoms with van der Waals surface area (Å²) in [6, 6.07) is 12.5. The number of amides is 3. The number of rotatable bonds is 7. The van der Waals surface area contributed by atoms with Crippen molar-refractivity contribution in [1.29, 1.82) is 0 Å². The van der Waals surface area contributed by atoms with Gasteiger partial charge in [-0.25, -0.2) is 0 Å². The van der Waals surface area contributed by atoms with E-state index in [1.807, 2.05) is 19.1 Å². The highest BCUT2D eigenvalue weighted by molar-refractivity contribution is 5.97. The van der Waals surface area contributed by atoms with Crippen LogP contribution in [0.15, 0.2) is 42.5 Å². The molecule has 170 valence electrons. The Labute approximate surface area is 189 Å². The summed E-state index contributed by atoms with van der Waals surface area (Å²) < 4.78 is 0. The van der Waals surface area contributed by atoms with Gasteiger partial charge < -0.3 is 20.9 Å². The maximum atomic E-state index is 12.5. The lowest BCUT2D eigenvalue weighted by molar-refractivity contribution is -0.114. The summed E-state index contributed by atoms with van der Waals surface area (Å²) in [6.07, 6.45) is 5.70. The molecule has 1 aliphatic rings. The Bertz CT molecular complexity index is 964. The number of carbonyl (C=O) groups is 3. The Hall–Kier alpha value is -3.35. The van der Waals surface area contributed by atoms with Crippen molar-refractivity contribution < 1.29 is 14.4 Å². The van der Waals surface area contributed by atoms with Gasteiger partial charge in [0.1, 0.15) is 0 Å². The largest absolute Gasteiger partial charge is 0.376 e. The van der Waals surface area contributed by atoms with Crippen molar-refractivity contribution in [3.8, 4) is 0 Å². The molecule has 0 saturated heterocycles. The molecule has 1 aliphatic carbocycles. The molecule has 0 bridgehead atoms. The van der Waals surface area contributed by atoms with E-state index in [1.54, 1.807) is 44.4 Å². The number of nitrogens with zero attached hydrogens (tertiary/aromatic N) is 1. The van der Waals surface area contributed by atoms with E-state index < -0.39 is 0 Å². The molecule has 1 saturated carbocycles. The van der Waals surface area contributed by atoms with Gasteiger partial charge in [-0.05, 0) is 67.8 Å². The average Bonchev–Trinajstić information content (AvgIpc) is 2.78. The van der Waals surface area contributed by atoms with Crippen molar-refractivity contribution in [3.05, 3.63) is 59.2 Å². The quantitative estimate of drug-likeness (QED) is 0.616. The smallest absolute Gasteiger partial charge is 0.253 e. The summed E-state index contributed by atoms with van der Waals surface area (Å²) in [7, 11) is 3.39. The molecule has 0 unspecified atom stereocenters. The van der Waals surface area contributed by atoms with Gasteiger partial charge in [0.05, 0.1) is 6.54 Å². The predicted octanol–water partition coefficient (Wildman–Crippen LogP) is 3.81. The van der Waals surface area contributed by atoms with Crippen LogP contribution in [0.1, 0.15) is 58.4 Å². The highest BCUT2D eigenvalue weighted by atomic mass is 16.2. The highest BCUT2D eigenvalue weighted by Crippen LogP contribution is 2.20. The molecule has 0 radical (unpaired) electrons. The highest BCUT2D eigenvalue weighted by Gasteiger charge is 2.17. The summed E-state index contributed by atoms with van der Waals surface area (Å²) in [5.74, 6) is -0.327. The summed E-state index contributed by atoms with van der Waals surface area (Å²) in [6.45, 7) is 2.00. The predicted molar refractivity (Wildman–Crippen MR) is 127 cm³/mol. The number of hydrogen-bond acceptors (Lipinski definition) is 4. The molecular formula is C25H32N4O3. The number of nitrogens with one attached hydrogen (secondary N) is 3. The lowest BCUT2D eigenvalue weighted by Gasteiger charge is -2.23. The third-order valence-electron chi connectivity index (χ3n) is 5.69. The van der Waals surface area contributed by atoms with E-state index in [4.69, 9.17) is 0 Å². The minimum atomic E-state index is -0.199. The Morgan fingerprint density at radius 2 is 1.59 bits per heavy atom. The molecule has 7 heteroatoms. The number of carbonyl (C=O) groups excluding carboxylic acids is 3. The number of hydrogen-bond donors (Lipinski definition) is 3. The minimum Gasteiger partial charge on any atom is -0.376 e. The van der Waals surface area contributed by atoms with Crippen LogP contribution in [0, 0.1) is 6.92 Å². The van der Waals surface area contributed by atoms with Gasteiger partial charge in [-0.2, -0.15) is 0 Å². The first-order valence-corrected chi connectivity index (χ1v) is 11.1. The molecule has 0 heterocycles. The van der Waals surface area contributed by atoms with Crippen LogP contribution >= 0.6 is 0 Å². The van der Waals surface area contributed by atoms with E-state index in [0.29, 0.717) is 16.8 Å². The molecule has 7 nitrogen and oxygen atoms in total. The molecular weight excluding hydrogens is 404 g/mol. The van der Waals surface area contributed by atoms with Gasteiger partial charge >= 0.3 is 0 Å². The normalized spacial score (nSPS) is 13.8. The Morgan fingerprint density at radius 1 is 0.938 bits per heavy atom. The van der Waals surface area contributed by atoms with E-state index in [-0.39, 0.29) is 30.3 Å². The van der Waals surface area contributed by atoms with Crippen LogP contribution in [-0.2, 0) is 4.79 Å². The van der Waals surface area contributed by atoms with Gasteiger partial charge in [-0.1, -0.05) is 19.3 Å². The van der Waals surface area contributed by atoms with Crippen molar-refractivity contribution in [1.82, 2.24) is 10.2 Å². The zero-order valence-electron chi connectivity index (χ0n) is 19.0. The van der Waals surface area contributed by atoms with Gasteiger partial charge in [0.25, 0.3) is 11.8 Å². The molecule has 0 aromatic heterocycles. The van der Waals surface area contributed by atoms with Gasteiger partial charge in [0, 0.05) is 42.6 Å². The summed E-state index contributed by atoms with van der Waals surface area (Å²) in [4.78, 5) is 38.3. The standard InChI is InChI=1S/C25H32N4O3/c1-17-15-19(24(31)28-20-7-5-4-6-8-20)11-14-22(17)26-16-23(30)27-21-12-9-18(10-13-21)25(32)29(2)3/h9-15,20,26H,4-8,16H2,1-3H3,(H,27,30)(H,28,31). The van der Waals surface area contributed by atoms with Crippen molar-refractivity contribution in [2.24, 2.45) is 0 Å².